The molecule has 1 saturated carbocycles. The number of aliphatic imine (C=N–C) groups is 1. The number of methoxy groups -OCH3 is 1. The van der Waals surface area contributed by atoms with Crippen molar-refractivity contribution in [2.75, 3.05) is 26.5 Å². The molecule has 0 aliphatic heterocycles. The van der Waals surface area contributed by atoms with Crippen LogP contribution in [0.15, 0.2) is 40.2 Å². The molecule has 1 aliphatic rings. The van der Waals surface area contributed by atoms with Crippen LogP contribution in [0.1, 0.15) is 27.2 Å². The zero-order chi connectivity index (χ0) is 17.8. The number of nitrogens with zero attached hydrogens (tertiary/aromatic N) is 1. The molecule has 2 rings (SSSR count). The van der Waals surface area contributed by atoms with E-state index in [1.54, 1.807) is 14.2 Å². The largest absolute Gasteiger partial charge is 0.378 e. The second-order valence-electron chi connectivity index (χ2n) is 6.92. The van der Waals surface area contributed by atoms with Crippen LogP contribution in [0.2, 0.25) is 0 Å². The van der Waals surface area contributed by atoms with Crippen LogP contribution < -0.4 is 10.6 Å². The Morgan fingerprint density at radius 2 is 2.00 bits per heavy atom. The summed E-state index contributed by atoms with van der Waals surface area (Å²) < 4.78 is 17.9. The molecule has 5 nitrogen and oxygen atoms in total. The molecule has 1 aliphatic carbocycles. The first-order valence-electron chi connectivity index (χ1n) is 8.30. The standard InChI is InChI=1S/C18H29N3O2S/c1-17(2)15(13-18(17,3)23-5)21-16(19-4)20-11-12-24(22)14-9-7-6-8-10-14/h6-10,15H,11-13H2,1-5H3,(H2,19,20,21). The van der Waals surface area contributed by atoms with Gasteiger partial charge in [-0.05, 0) is 25.5 Å². The first kappa shape index (κ1) is 18.9. The maximum Gasteiger partial charge on any atom is 0.191 e. The highest BCUT2D eigenvalue weighted by molar-refractivity contribution is 7.85. The van der Waals surface area contributed by atoms with Crippen LogP contribution >= 0.6 is 0 Å². The van der Waals surface area contributed by atoms with Crippen LogP contribution in [0.3, 0.4) is 0 Å². The number of ether oxygens (including phenoxy) is 1. The molecule has 2 N–H and O–H groups in total. The van der Waals surface area contributed by atoms with Crippen molar-refractivity contribution >= 4 is 16.8 Å². The first-order chi connectivity index (χ1) is 11.3. The lowest BCUT2D eigenvalue weighted by atomic mass is 9.56. The lowest BCUT2D eigenvalue weighted by molar-refractivity contribution is -0.176. The van der Waals surface area contributed by atoms with Crippen molar-refractivity contribution in [2.45, 2.75) is 43.7 Å². The lowest BCUT2D eigenvalue weighted by Crippen LogP contribution is -2.69. The molecule has 134 valence electrons. The van der Waals surface area contributed by atoms with E-state index in [0.717, 1.165) is 17.3 Å². The highest BCUT2D eigenvalue weighted by Gasteiger charge is 2.58. The van der Waals surface area contributed by atoms with Gasteiger partial charge in [-0.25, -0.2) is 0 Å². The second-order valence-corrected chi connectivity index (χ2v) is 8.49. The molecule has 0 radical (unpaired) electrons. The summed E-state index contributed by atoms with van der Waals surface area (Å²) in [6.07, 6.45) is 0.938. The van der Waals surface area contributed by atoms with E-state index in [0.29, 0.717) is 18.3 Å². The molecular formula is C18H29N3O2S. The van der Waals surface area contributed by atoms with Crippen LogP contribution in [0, 0.1) is 5.41 Å². The average Bonchev–Trinajstić information content (AvgIpc) is 2.60. The summed E-state index contributed by atoms with van der Waals surface area (Å²) in [6.45, 7) is 7.16. The van der Waals surface area contributed by atoms with Crippen LogP contribution in [0.4, 0.5) is 0 Å². The molecule has 0 saturated heterocycles. The fourth-order valence-electron chi connectivity index (χ4n) is 3.03. The van der Waals surface area contributed by atoms with Gasteiger partial charge in [0.25, 0.3) is 0 Å². The SMILES string of the molecule is CN=C(NCCS(=O)c1ccccc1)NC1CC(C)(OC)C1(C)C. The Hall–Kier alpha value is -1.40. The third-order valence-electron chi connectivity index (χ3n) is 5.40. The third kappa shape index (κ3) is 3.81. The van der Waals surface area contributed by atoms with E-state index in [9.17, 15) is 4.21 Å². The van der Waals surface area contributed by atoms with Crippen LogP contribution in [-0.2, 0) is 15.5 Å². The fourth-order valence-corrected chi connectivity index (χ4v) is 4.02. The normalized spacial score (nSPS) is 27.2. The van der Waals surface area contributed by atoms with Gasteiger partial charge in [0.05, 0.1) is 16.4 Å². The van der Waals surface area contributed by atoms with Crippen molar-refractivity contribution in [3.63, 3.8) is 0 Å². The second kappa shape index (κ2) is 7.66. The monoisotopic (exact) mass is 351 g/mol. The van der Waals surface area contributed by atoms with E-state index in [-0.39, 0.29) is 11.0 Å². The topological polar surface area (TPSA) is 62.7 Å². The maximum absolute atomic E-state index is 12.2. The summed E-state index contributed by atoms with van der Waals surface area (Å²) in [5, 5.41) is 6.71. The molecule has 24 heavy (non-hydrogen) atoms. The zero-order valence-corrected chi connectivity index (χ0v) is 16.1. The van der Waals surface area contributed by atoms with Gasteiger partial charge in [-0.15, -0.1) is 0 Å². The summed E-state index contributed by atoms with van der Waals surface area (Å²) in [5.41, 5.74) is -0.0927. The Labute approximate surface area is 147 Å². The Kier molecular flexibility index (Phi) is 6.04. The van der Waals surface area contributed by atoms with Crippen molar-refractivity contribution in [1.29, 1.82) is 0 Å². The van der Waals surface area contributed by atoms with Crippen molar-refractivity contribution in [3.8, 4) is 0 Å². The number of nitrogens with one attached hydrogen (secondary N) is 2. The van der Waals surface area contributed by atoms with E-state index in [1.165, 1.54) is 0 Å². The number of rotatable bonds is 6. The molecule has 3 atom stereocenters. The van der Waals surface area contributed by atoms with Gasteiger partial charge in [0.2, 0.25) is 0 Å². The van der Waals surface area contributed by atoms with E-state index in [4.69, 9.17) is 4.74 Å². The van der Waals surface area contributed by atoms with Crippen LogP contribution in [0.25, 0.3) is 0 Å². The Morgan fingerprint density at radius 3 is 2.54 bits per heavy atom. The summed E-state index contributed by atoms with van der Waals surface area (Å²) in [6, 6.07) is 9.84. The van der Waals surface area contributed by atoms with Gasteiger partial charge in [0.1, 0.15) is 0 Å². The molecule has 1 aromatic carbocycles. The molecule has 1 fully saturated rings. The molecule has 0 aromatic heterocycles. The van der Waals surface area contributed by atoms with Gasteiger partial charge in [0, 0.05) is 42.8 Å². The Balaban J connectivity index is 1.81. The minimum Gasteiger partial charge on any atom is -0.378 e. The predicted octanol–water partition coefficient (Wildman–Crippen LogP) is 2.16. The first-order valence-corrected chi connectivity index (χ1v) is 9.61. The van der Waals surface area contributed by atoms with E-state index >= 15 is 0 Å². The molecule has 1 aromatic rings. The average molecular weight is 352 g/mol. The van der Waals surface area contributed by atoms with Crippen molar-refractivity contribution in [3.05, 3.63) is 30.3 Å². The highest BCUT2D eigenvalue weighted by Crippen LogP contribution is 2.51. The van der Waals surface area contributed by atoms with Gasteiger partial charge in [-0.3, -0.25) is 9.20 Å². The summed E-state index contributed by atoms with van der Waals surface area (Å²) in [7, 11) is 2.53. The number of hydrogen-bond acceptors (Lipinski definition) is 3. The number of benzene rings is 1. The van der Waals surface area contributed by atoms with Crippen LogP contribution in [-0.4, -0.2) is 48.3 Å². The summed E-state index contributed by atoms with van der Waals surface area (Å²) in [5.74, 6) is 1.30. The lowest BCUT2D eigenvalue weighted by Gasteiger charge is -2.59. The van der Waals surface area contributed by atoms with Gasteiger partial charge in [-0.2, -0.15) is 0 Å². The molecule has 0 spiro atoms. The fraction of sp³-hybridized carbons (Fsp3) is 0.611. The minimum atomic E-state index is -0.997. The zero-order valence-electron chi connectivity index (χ0n) is 15.3. The molecular weight excluding hydrogens is 322 g/mol. The van der Waals surface area contributed by atoms with E-state index < -0.39 is 10.8 Å². The van der Waals surface area contributed by atoms with Crippen molar-refractivity contribution < 1.29 is 8.95 Å². The molecule has 0 bridgehead atoms. The Morgan fingerprint density at radius 1 is 1.33 bits per heavy atom. The maximum atomic E-state index is 12.2. The number of guanidine groups is 1. The van der Waals surface area contributed by atoms with Gasteiger partial charge >= 0.3 is 0 Å². The molecule has 6 heteroatoms. The summed E-state index contributed by atoms with van der Waals surface area (Å²) >= 11 is 0. The number of hydrogen-bond donors (Lipinski definition) is 2. The molecule has 0 amide bonds. The van der Waals surface area contributed by atoms with Gasteiger partial charge in [0.15, 0.2) is 5.96 Å². The summed E-state index contributed by atoms with van der Waals surface area (Å²) in [4.78, 5) is 5.13. The van der Waals surface area contributed by atoms with Gasteiger partial charge in [-0.1, -0.05) is 32.0 Å². The van der Waals surface area contributed by atoms with Crippen molar-refractivity contribution in [1.82, 2.24) is 10.6 Å². The highest BCUT2D eigenvalue weighted by atomic mass is 32.2. The third-order valence-corrected chi connectivity index (χ3v) is 6.77. The molecule has 0 heterocycles. The minimum absolute atomic E-state index is 0.0201. The van der Waals surface area contributed by atoms with E-state index in [1.807, 2.05) is 30.3 Å². The van der Waals surface area contributed by atoms with Gasteiger partial charge < -0.3 is 15.4 Å². The van der Waals surface area contributed by atoms with Crippen LogP contribution in [0.5, 0.6) is 0 Å². The molecule has 3 unspecified atom stereocenters. The van der Waals surface area contributed by atoms with E-state index in [2.05, 4.69) is 36.4 Å². The Bertz CT molecular complexity index is 604. The quantitative estimate of drug-likeness (QED) is 0.609. The van der Waals surface area contributed by atoms with Crippen molar-refractivity contribution in [2.24, 2.45) is 10.4 Å². The predicted molar refractivity (Wildman–Crippen MR) is 99.8 cm³/mol. The smallest absolute Gasteiger partial charge is 0.191 e.